The lowest BCUT2D eigenvalue weighted by atomic mass is 9.99. The zero-order chi connectivity index (χ0) is 20.1. The molecular formula is C20H25NO6. The molecule has 2 atom stereocenters. The molecule has 0 radical (unpaired) electrons. The second kappa shape index (κ2) is 8.70. The minimum atomic E-state index is -0.727. The van der Waals surface area contributed by atoms with E-state index >= 15 is 0 Å². The van der Waals surface area contributed by atoms with E-state index in [1.54, 1.807) is 19.1 Å². The molecule has 27 heavy (non-hydrogen) atoms. The van der Waals surface area contributed by atoms with E-state index in [9.17, 15) is 14.4 Å². The van der Waals surface area contributed by atoms with E-state index in [2.05, 4.69) is 5.32 Å². The molecule has 1 N–H and O–H groups in total. The smallest absolute Gasteiger partial charge is 0.336 e. The number of carbonyl (C=O) groups is 2. The van der Waals surface area contributed by atoms with Gasteiger partial charge in [-0.1, -0.05) is 20.3 Å². The first kappa shape index (κ1) is 20.5. The number of benzene rings is 1. The summed E-state index contributed by atoms with van der Waals surface area (Å²) in [5, 5.41) is 3.46. The van der Waals surface area contributed by atoms with Crippen LogP contribution in [-0.2, 0) is 14.3 Å². The van der Waals surface area contributed by atoms with Gasteiger partial charge in [-0.05, 0) is 37.5 Å². The number of amides is 1. The highest BCUT2D eigenvalue weighted by Crippen LogP contribution is 2.28. The van der Waals surface area contributed by atoms with Crippen LogP contribution in [0.2, 0.25) is 0 Å². The summed E-state index contributed by atoms with van der Waals surface area (Å²) in [4.78, 5) is 35.7. The van der Waals surface area contributed by atoms with Crippen LogP contribution >= 0.6 is 0 Å². The Hall–Kier alpha value is -2.83. The first-order valence-electron chi connectivity index (χ1n) is 8.82. The third-order valence-corrected chi connectivity index (χ3v) is 4.66. The van der Waals surface area contributed by atoms with Crippen molar-refractivity contribution in [1.82, 2.24) is 5.32 Å². The van der Waals surface area contributed by atoms with Crippen LogP contribution in [-0.4, -0.2) is 31.6 Å². The SMILES string of the molecule is CCC(C)C(NC(=O)COc1ccc2c(C)cc(=O)oc2c1C)C(=O)OC. The predicted molar refractivity (Wildman–Crippen MR) is 101 cm³/mol. The second-order valence-electron chi connectivity index (χ2n) is 6.56. The molecule has 1 heterocycles. The summed E-state index contributed by atoms with van der Waals surface area (Å²) in [5.41, 5.74) is 1.44. The van der Waals surface area contributed by atoms with Gasteiger partial charge in [0.15, 0.2) is 6.61 Å². The molecule has 2 aromatic rings. The Labute approximate surface area is 157 Å². The number of fused-ring (bicyclic) bond motifs is 1. The molecule has 0 bridgehead atoms. The molecule has 1 amide bonds. The lowest BCUT2D eigenvalue weighted by Gasteiger charge is -2.22. The van der Waals surface area contributed by atoms with Crippen molar-refractivity contribution in [2.24, 2.45) is 5.92 Å². The average Bonchev–Trinajstić information content (AvgIpc) is 2.64. The van der Waals surface area contributed by atoms with Crippen LogP contribution in [0.4, 0.5) is 0 Å². The molecule has 1 aromatic heterocycles. The minimum Gasteiger partial charge on any atom is -0.483 e. The van der Waals surface area contributed by atoms with Crippen molar-refractivity contribution in [1.29, 1.82) is 0 Å². The highest BCUT2D eigenvalue weighted by Gasteiger charge is 2.26. The number of ether oxygens (including phenoxy) is 2. The summed E-state index contributed by atoms with van der Waals surface area (Å²) in [7, 11) is 1.29. The van der Waals surface area contributed by atoms with Crippen molar-refractivity contribution in [2.75, 3.05) is 13.7 Å². The quantitative estimate of drug-likeness (QED) is 0.590. The van der Waals surface area contributed by atoms with Crippen molar-refractivity contribution in [2.45, 2.75) is 40.2 Å². The van der Waals surface area contributed by atoms with Gasteiger partial charge in [0, 0.05) is 17.0 Å². The van der Waals surface area contributed by atoms with E-state index in [0.29, 0.717) is 23.3 Å². The van der Waals surface area contributed by atoms with Gasteiger partial charge in [0.1, 0.15) is 17.4 Å². The van der Waals surface area contributed by atoms with Crippen LogP contribution in [0.25, 0.3) is 11.0 Å². The summed E-state index contributed by atoms with van der Waals surface area (Å²) >= 11 is 0. The van der Waals surface area contributed by atoms with Crippen LogP contribution in [0.5, 0.6) is 5.75 Å². The van der Waals surface area contributed by atoms with Gasteiger partial charge in [-0.3, -0.25) is 4.79 Å². The molecule has 0 aliphatic heterocycles. The Kier molecular flexibility index (Phi) is 6.60. The fraction of sp³-hybridized carbons (Fsp3) is 0.450. The summed E-state index contributed by atoms with van der Waals surface area (Å²) in [6, 6.07) is 4.21. The van der Waals surface area contributed by atoms with Crippen LogP contribution in [0, 0.1) is 19.8 Å². The number of aryl methyl sites for hydroxylation is 2. The second-order valence-corrected chi connectivity index (χ2v) is 6.56. The standard InChI is InChI=1S/C20H25NO6/c1-6-11(2)18(20(24)25-5)21-16(22)10-26-15-8-7-14-12(3)9-17(23)27-19(14)13(15)4/h7-9,11,18H,6,10H2,1-5H3,(H,21,22). The van der Waals surface area contributed by atoms with Crippen molar-refractivity contribution in [3.05, 3.63) is 39.7 Å². The fourth-order valence-corrected chi connectivity index (χ4v) is 2.81. The molecule has 2 unspecified atom stereocenters. The Morgan fingerprint density at radius 1 is 1.26 bits per heavy atom. The molecule has 0 saturated heterocycles. The van der Waals surface area contributed by atoms with Crippen molar-refractivity contribution in [3.63, 3.8) is 0 Å². The van der Waals surface area contributed by atoms with Crippen LogP contribution < -0.4 is 15.7 Å². The van der Waals surface area contributed by atoms with Gasteiger partial charge in [-0.2, -0.15) is 0 Å². The Bertz CT molecular complexity index is 901. The van der Waals surface area contributed by atoms with Crippen molar-refractivity contribution >= 4 is 22.8 Å². The Morgan fingerprint density at radius 3 is 2.59 bits per heavy atom. The maximum Gasteiger partial charge on any atom is 0.336 e. The number of carbonyl (C=O) groups excluding carboxylic acids is 2. The monoisotopic (exact) mass is 375 g/mol. The minimum absolute atomic E-state index is 0.0685. The van der Waals surface area contributed by atoms with E-state index in [0.717, 1.165) is 10.9 Å². The van der Waals surface area contributed by atoms with E-state index in [1.165, 1.54) is 13.2 Å². The molecule has 1 aromatic carbocycles. The number of hydrogen-bond donors (Lipinski definition) is 1. The topological polar surface area (TPSA) is 94.8 Å². The first-order valence-corrected chi connectivity index (χ1v) is 8.82. The first-order chi connectivity index (χ1) is 12.8. The van der Waals surface area contributed by atoms with E-state index in [1.807, 2.05) is 20.8 Å². The predicted octanol–water partition coefficient (Wildman–Crippen LogP) is 2.49. The molecule has 0 aliphatic rings. The number of methoxy groups -OCH3 is 1. The molecule has 0 saturated carbocycles. The van der Waals surface area contributed by atoms with Crippen LogP contribution in [0.3, 0.4) is 0 Å². The van der Waals surface area contributed by atoms with Crippen LogP contribution in [0.15, 0.2) is 27.4 Å². The molecule has 7 heteroatoms. The summed E-state index contributed by atoms with van der Waals surface area (Å²) in [5.74, 6) is -0.557. The Morgan fingerprint density at radius 2 is 1.96 bits per heavy atom. The summed E-state index contributed by atoms with van der Waals surface area (Å²) in [6.07, 6.45) is 0.711. The van der Waals surface area contributed by atoms with Gasteiger partial charge in [0.05, 0.1) is 7.11 Å². The highest BCUT2D eigenvalue weighted by molar-refractivity contribution is 5.86. The molecule has 0 spiro atoms. The maximum atomic E-state index is 12.2. The third kappa shape index (κ3) is 4.67. The van der Waals surface area contributed by atoms with E-state index in [4.69, 9.17) is 13.9 Å². The van der Waals surface area contributed by atoms with Gasteiger partial charge in [-0.25, -0.2) is 9.59 Å². The number of rotatable bonds is 7. The van der Waals surface area contributed by atoms with E-state index in [-0.39, 0.29) is 12.5 Å². The van der Waals surface area contributed by atoms with E-state index < -0.39 is 23.5 Å². The number of nitrogens with one attached hydrogen (secondary N) is 1. The van der Waals surface area contributed by atoms with Crippen molar-refractivity contribution < 1.29 is 23.5 Å². The summed E-state index contributed by atoms with van der Waals surface area (Å²) < 4.78 is 15.6. The zero-order valence-corrected chi connectivity index (χ0v) is 16.3. The average molecular weight is 375 g/mol. The Balaban J connectivity index is 2.14. The molecule has 2 rings (SSSR count). The lowest BCUT2D eigenvalue weighted by molar-refractivity contribution is -0.146. The fourth-order valence-electron chi connectivity index (χ4n) is 2.81. The summed E-state index contributed by atoms with van der Waals surface area (Å²) in [6.45, 7) is 7.10. The highest BCUT2D eigenvalue weighted by atomic mass is 16.5. The molecule has 7 nitrogen and oxygen atoms in total. The van der Waals surface area contributed by atoms with Gasteiger partial charge >= 0.3 is 11.6 Å². The maximum absolute atomic E-state index is 12.2. The van der Waals surface area contributed by atoms with Gasteiger partial charge in [-0.15, -0.1) is 0 Å². The number of esters is 1. The molecule has 0 fully saturated rings. The molecule has 146 valence electrons. The number of hydrogen-bond acceptors (Lipinski definition) is 6. The van der Waals surface area contributed by atoms with Crippen LogP contribution in [0.1, 0.15) is 31.4 Å². The van der Waals surface area contributed by atoms with Gasteiger partial charge < -0.3 is 19.2 Å². The largest absolute Gasteiger partial charge is 0.483 e. The van der Waals surface area contributed by atoms with Crippen molar-refractivity contribution in [3.8, 4) is 5.75 Å². The molecule has 0 aliphatic carbocycles. The third-order valence-electron chi connectivity index (χ3n) is 4.66. The van der Waals surface area contributed by atoms with Gasteiger partial charge in [0.25, 0.3) is 5.91 Å². The lowest BCUT2D eigenvalue weighted by Crippen LogP contribution is -2.47. The zero-order valence-electron chi connectivity index (χ0n) is 16.3. The molecular weight excluding hydrogens is 350 g/mol. The van der Waals surface area contributed by atoms with Gasteiger partial charge in [0.2, 0.25) is 0 Å². The normalized spacial score (nSPS) is 13.1.